The molecule has 0 aliphatic carbocycles. The first-order valence-electron chi connectivity index (χ1n) is 8.36. The van der Waals surface area contributed by atoms with Gasteiger partial charge in [0, 0.05) is 43.3 Å². The fraction of sp³-hybridized carbons (Fsp3) is 0.316. The number of amides is 1. The average molecular weight is 320 g/mol. The zero-order valence-electron chi connectivity index (χ0n) is 13.7. The number of aromatic nitrogens is 3. The Kier molecular flexibility index (Phi) is 3.76. The lowest BCUT2D eigenvalue weighted by molar-refractivity contribution is 0.0705. The van der Waals surface area contributed by atoms with E-state index in [-0.39, 0.29) is 5.91 Å². The van der Waals surface area contributed by atoms with Gasteiger partial charge in [-0.1, -0.05) is 6.07 Å². The van der Waals surface area contributed by atoms with Crippen LogP contribution < -0.4 is 0 Å². The quantitative estimate of drug-likeness (QED) is 0.729. The predicted octanol–water partition coefficient (Wildman–Crippen LogP) is 3.06. The van der Waals surface area contributed by atoms with Crippen molar-refractivity contribution < 1.29 is 4.79 Å². The number of carbonyl (C=O) groups excluding carboxylic acids is 1. The second kappa shape index (κ2) is 6.07. The Balaban J connectivity index is 1.61. The van der Waals surface area contributed by atoms with E-state index < -0.39 is 0 Å². The summed E-state index contributed by atoms with van der Waals surface area (Å²) in [6.45, 7) is 3.56. The first-order valence-corrected chi connectivity index (χ1v) is 8.36. The second-order valence-electron chi connectivity index (χ2n) is 6.39. The van der Waals surface area contributed by atoms with Crippen LogP contribution in [0.3, 0.4) is 0 Å². The van der Waals surface area contributed by atoms with Gasteiger partial charge in [-0.3, -0.25) is 9.78 Å². The van der Waals surface area contributed by atoms with Gasteiger partial charge in [0.2, 0.25) is 0 Å². The third kappa shape index (κ3) is 2.66. The SMILES string of the molecule is Cc1cn2c([C@H]3CCCN(C(=O)c4cccnc4)C3)cccc2n1. The van der Waals surface area contributed by atoms with Gasteiger partial charge in [0.05, 0.1) is 11.3 Å². The number of imidazole rings is 1. The number of pyridine rings is 2. The maximum atomic E-state index is 12.7. The van der Waals surface area contributed by atoms with Crippen LogP contribution in [0.1, 0.15) is 40.5 Å². The Morgan fingerprint density at radius 2 is 2.17 bits per heavy atom. The van der Waals surface area contributed by atoms with Gasteiger partial charge < -0.3 is 9.30 Å². The minimum atomic E-state index is 0.0711. The fourth-order valence-electron chi connectivity index (χ4n) is 3.56. The van der Waals surface area contributed by atoms with Crippen LogP contribution in [-0.2, 0) is 0 Å². The number of piperidine rings is 1. The lowest BCUT2D eigenvalue weighted by Gasteiger charge is -2.33. The molecule has 0 unspecified atom stereocenters. The van der Waals surface area contributed by atoms with Crippen LogP contribution in [0.2, 0.25) is 0 Å². The number of aryl methyl sites for hydroxylation is 1. The molecule has 122 valence electrons. The second-order valence-corrected chi connectivity index (χ2v) is 6.39. The molecular formula is C19H20N4O. The highest BCUT2D eigenvalue weighted by Crippen LogP contribution is 2.28. The zero-order valence-corrected chi connectivity index (χ0v) is 13.7. The summed E-state index contributed by atoms with van der Waals surface area (Å²) < 4.78 is 2.16. The molecule has 1 aliphatic heterocycles. The van der Waals surface area contributed by atoms with Gasteiger partial charge in [-0.2, -0.15) is 0 Å². The number of likely N-dealkylation sites (tertiary alicyclic amines) is 1. The molecule has 0 N–H and O–H groups in total. The van der Waals surface area contributed by atoms with E-state index in [2.05, 4.69) is 32.7 Å². The van der Waals surface area contributed by atoms with Crippen molar-refractivity contribution in [2.75, 3.05) is 13.1 Å². The van der Waals surface area contributed by atoms with E-state index in [1.807, 2.05) is 30.0 Å². The van der Waals surface area contributed by atoms with Crippen LogP contribution in [0.5, 0.6) is 0 Å². The highest BCUT2D eigenvalue weighted by Gasteiger charge is 2.27. The summed E-state index contributed by atoms with van der Waals surface area (Å²) in [4.78, 5) is 23.3. The maximum absolute atomic E-state index is 12.7. The largest absolute Gasteiger partial charge is 0.338 e. The van der Waals surface area contributed by atoms with Crippen molar-refractivity contribution in [2.45, 2.75) is 25.7 Å². The normalized spacial score (nSPS) is 18.0. The topological polar surface area (TPSA) is 50.5 Å². The van der Waals surface area contributed by atoms with E-state index in [9.17, 15) is 4.79 Å². The number of fused-ring (bicyclic) bond motifs is 1. The number of nitrogens with zero attached hydrogens (tertiary/aromatic N) is 4. The summed E-state index contributed by atoms with van der Waals surface area (Å²) in [5.74, 6) is 0.401. The fourth-order valence-corrected chi connectivity index (χ4v) is 3.56. The molecule has 1 amide bonds. The standard InChI is InChI=1S/C19H20N4O/c1-14-12-23-17(7-2-8-18(23)21-14)16-6-4-10-22(13-16)19(24)15-5-3-9-20-11-15/h2-3,5,7-9,11-12,16H,4,6,10,13H2,1H3/t16-/m0/s1. The molecule has 3 aromatic rings. The van der Waals surface area contributed by atoms with Crippen molar-refractivity contribution in [1.82, 2.24) is 19.3 Å². The van der Waals surface area contributed by atoms with Crippen molar-refractivity contribution >= 4 is 11.6 Å². The molecule has 1 saturated heterocycles. The first-order chi connectivity index (χ1) is 11.7. The molecule has 24 heavy (non-hydrogen) atoms. The Bertz CT molecular complexity index is 871. The Morgan fingerprint density at radius 1 is 1.25 bits per heavy atom. The van der Waals surface area contributed by atoms with Crippen molar-refractivity contribution in [3.05, 3.63) is 65.9 Å². The molecule has 3 aromatic heterocycles. The summed E-state index contributed by atoms with van der Waals surface area (Å²) >= 11 is 0. The van der Waals surface area contributed by atoms with Crippen LogP contribution in [0.15, 0.2) is 48.9 Å². The van der Waals surface area contributed by atoms with Crippen molar-refractivity contribution in [2.24, 2.45) is 0 Å². The number of carbonyl (C=O) groups is 1. The van der Waals surface area contributed by atoms with E-state index in [1.54, 1.807) is 12.4 Å². The first kappa shape index (κ1) is 14.9. The van der Waals surface area contributed by atoms with Gasteiger partial charge >= 0.3 is 0 Å². The summed E-state index contributed by atoms with van der Waals surface area (Å²) in [7, 11) is 0. The van der Waals surface area contributed by atoms with Gasteiger partial charge in [-0.15, -0.1) is 0 Å². The predicted molar refractivity (Wildman–Crippen MR) is 92.0 cm³/mol. The molecule has 0 aromatic carbocycles. The third-order valence-corrected chi connectivity index (χ3v) is 4.68. The van der Waals surface area contributed by atoms with E-state index in [0.29, 0.717) is 11.5 Å². The Labute approximate surface area is 141 Å². The third-order valence-electron chi connectivity index (χ3n) is 4.68. The van der Waals surface area contributed by atoms with Gasteiger partial charge in [-0.25, -0.2) is 4.98 Å². The summed E-state index contributed by atoms with van der Waals surface area (Å²) in [6, 6.07) is 9.87. The van der Waals surface area contributed by atoms with Crippen LogP contribution in [-0.4, -0.2) is 38.3 Å². The maximum Gasteiger partial charge on any atom is 0.255 e. The van der Waals surface area contributed by atoms with E-state index in [4.69, 9.17) is 0 Å². The number of hydrogen-bond acceptors (Lipinski definition) is 3. The van der Waals surface area contributed by atoms with Gasteiger partial charge in [0.1, 0.15) is 5.65 Å². The lowest BCUT2D eigenvalue weighted by Crippen LogP contribution is -2.39. The molecule has 0 radical (unpaired) electrons. The smallest absolute Gasteiger partial charge is 0.255 e. The average Bonchev–Trinajstić information content (AvgIpc) is 3.02. The molecular weight excluding hydrogens is 300 g/mol. The van der Waals surface area contributed by atoms with E-state index in [0.717, 1.165) is 37.3 Å². The number of hydrogen-bond donors (Lipinski definition) is 0. The zero-order chi connectivity index (χ0) is 16.5. The molecule has 0 saturated carbocycles. The van der Waals surface area contributed by atoms with Gasteiger partial charge in [0.25, 0.3) is 5.91 Å². The summed E-state index contributed by atoms with van der Waals surface area (Å²) in [5.41, 5.74) is 3.88. The minimum Gasteiger partial charge on any atom is -0.338 e. The molecule has 5 nitrogen and oxygen atoms in total. The van der Waals surface area contributed by atoms with Crippen LogP contribution in [0, 0.1) is 6.92 Å². The highest BCUT2D eigenvalue weighted by molar-refractivity contribution is 5.94. The van der Waals surface area contributed by atoms with Crippen LogP contribution in [0.25, 0.3) is 5.65 Å². The van der Waals surface area contributed by atoms with Gasteiger partial charge in [-0.05, 0) is 44.0 Å². The number of rotatable bonds is 2. The Hall–Kier alpha value is -2.69. The molecule has 0 bridgehead atoms. The molecule has 4 heterocycles. The monoisotopic (exact) mass is 320 g/mol. The van der Waals surface area contributed by atoms with E-state index >= 15 is 0 Å². The van der Waals surface area contributed by atoms with Crippen LogP contribution in [0.4, 0.5) is 0 Å². The molecule has 4 rings (SSSR count). The lowest BCUT2D eigenvalue weighted by atomic mass is 9.93. The summed E-state index contributed by atoms with van der Waals surface area (Å²) in [6.07, 6.45) is 7.52. The van der Waals surface area contributed by atoms with Crippen molar-refractivity contribution in [3.63, 3.8) is 0 Å². The Morgan fingerprint density at radius 3 is 3.00 bits per heavy atom. The van der Waals surface area contributed by atoms with Crippen LogP contribution >= 0.6 is 0 Å². The van der Waals surface area contributed by atoms with Crippen molar-refractivity contribution in [3.8, 4) is 0 Å². The molecule has 1 atom stereocenters. The summed E-state index contributed by atoms with van der Waals surface area (Å²) in [5, 5.41) is 0. The van der Waals surface area contributed by atoms with E-state index in [1.165, 1.54) is 5.69 Å². The van der Waals surface area contributed by atoms with Gasteiger partial charge in [0.15, 0.2) is 0 Å². The molecule has 1 aliphatic rings. The molecule has 0 spiro atoms. The molecule has 5 heteroatoms. The minimum absolute atomic E-state index is 0.0711. The van der Waals surface area contributed by atoms with Crippen molar-refractivity contribution in [1.29, 1.82) is 0 Å². The molecule has 1 fully saturated rings. The highest BCUT2D eigenvalue weighted by atomic mass is 16.2.